The van der Waals surface area contributed by atoms with Crippen molar-refractivity contribution in [1.82, 2.24) is 15.1 Å². The van der Waals surface area contributed by atoms with Gasteiger partial charge in [0.25, 0.3) is 0 Å². The zero-order valence-electron chi connectivity index (χ0n) is 13.5. The number of aryl methyl sites for hydroxylation is 1. The molecule has 2 heterocycles. The lowest BCUT2D eigenvalue weighted by molar-refractivity contribution is -0.118. The number of carbonyl (C=O) groups is 1. The van der Waals surface area contributed by atoms with Crippen LogP contribution in [0.1, 0.15) is 50.5 Å². The Hall–Kier alpha value is -1.36. The summed E-state index contributed by atoms with van der Waals surface area (Å²) in [5.74, 6) is 0.382. The van der Waals surface area contributed by atoms with Crippen molar-refractivity contribution in [1.29, 1.82) is 0 Å². The Balaban J connectivity index is 1.71. The van der Waals surface area contributed by atoms with Crippen LogP contribution >= 0.6 is 0 Å². The van der Waals surface area contributed by atoms with E-state index in [1.165, 1.54) is 0 Å². The third kappa shape index (κ3) is 2.48. The molecule has 2 fully saturated rings. The van der Waals surface area contributed by atoms with Crippen LogP contribution in [-0.4, -0.2) is 28.8 Å². The van der Waals surface area contributed by atoms with Gasteiger partial charge in [-0.15, -0.1) is 0 Å². The van der Waals surface area contributed by atoms with Gasteiger partial charge in [-0.3, -0.25) is 9.48 Å². The van der Waals surface area contributed by atoms with Gasteiger partial charge in [0.05, 0.1) is 17.1 Å². The van der Waals surface area contributed by atoms with E-state index in [1.54, 1.807) is 0 Å². The van der Waals surface area contributed by atoms with Crippen LogP contribution in [0.4, 0.5) is 5.69 Å². The zero-order chi connectivity index (χ0) is 15.2. The molecule has 1 amide bonds. The molecule has 2 aliphatic rings. The molecule has 1 aliphatic heterocycles. The summed E-state index contributed by atoms with van der Waals surface area (Å²) >= 11 is 0. The molecule has 116 valence electrons. The first-order chi connectivity index (χ1) is 9.94. The van der Waals surface area contributed by atoms with Crippen molar-refractivity contribution in [2.24, 2.45) is 11.3 Å². The van der Waals surface area contributed by atoms with Crippen LogP contribution in [0.3, 0.4) is 0 Å². The first kappa shape index (κ1) is 14.6. The minimum atomic E-state index is 0.186. The smallest absolute Gasteiger partial charge is 0.228 e. The summed E-state index contributed by atoms with van der Waals surface area (Å²) in [4.78, 5) is 12.6. The van der Waals surface area contributed by atoms with E-state index in [0.29, 0.717) is 6.04 Å². The summed E-state index contributed by atoms with van der Waals surface area (Å²) < 4.78 is 1.98. The van der Waals surface area contributed by atoms with Crippen LogP contribution < -0.4 is 10.6 Å². The minimum absolute atomic E-state index is 0.186. The largest absolute Gasteiger partial charge is 0.323 e. The summed E-state index contributed by atoms with van der Waals surface area (Å²) in [5, 5.41) is 11.1. The Morgan fingerprint density at radius 3 is 2.62 bits per heavy atom. The second-order valence-corrected chi connectivity index (χ2v) is 6.94. The molecule has 2 N–H and O–H groups in total. The maximum atomic E-state index is 12.6. The summed E-state index contributed by atoms with van der Waals surface area (Å²) in [7, 11) is 0. The Labute approximate surface area is 126 Å². The number of piperidine rings is 1. The number of nitrogens with one attached hydrogen (secondary N) is 2. The Morgan fingerprint density at radius 1 is 1.38 bits per heavy atom. The van der Waals surface area contributed by atoms with E-state index in [2.05, 4.69) is 29.6 Å². The van der Waals surface area contributed by atoms with Crippen molar-refractivity contribution in [2.75, 3.05) is 18.4 Å². The first-order valence-corrected chi connectivity index (χ1v) is 8.02. The lowest BCUT2D eigenvalue weighted by Gasteiger charge is -2.23. The molecular formula is C16H26N4O. The fourth-order valence-corrected chi connectivity index (χ4v) is 3.75. The molecule has 1 aromatic heterocycles. The number of carbonyl (C=O) groups excluding carboxylic acids is 1. The van der Waals surface area contributed by atoms with Crippen LogP contribution in [0, 0.1) is 25.2 Å². The summed E-state index contributed by atoms with van der Waals surface area (Å²) in [6.07, 6.45) is 3.32. The third-order valence-electron chi connectivity index (χ3n) is 5.17. The molecule has 1 saturated carbocycles. The monoisotopic (exact) mass is 290 g/mol. The topological polar surface area (TPSA) is 59.0 Å². The molecule has 1 aromatic rings. The number of hydrogen-bond donors (Lipinski definition) is 2. The Bertz CT molecular complexity index is 555. The van der Waals surface area contributed by atoms with E-state index in [4.69, 9.17) is 0 Å². The van der Waals surface area contributed by atoms with Crippen molar-refractivity contribution in [3.63, 3.8) is 0 Å². The van der Waals surface area contributed by atoms with Crippen molar-refractivity contribution >= 4 is 11.6 Å². The third-order valence-corrected chi connectivity index (χ3v) is 5.17. The Kier molecular flexibility index (Phi) is 3.56. The molecule has 0 bridgehead atoms. The number of rotatable bonds is 3. The van der Waals surface area contributed by atoms with Gasteiger partial charge >= 0.3 is 0 Å². The minimum Gasteiger partial charge on any atom is -0.323 e. The lowest BCUT2D eigenvalue weighted by Crippen LogP contribution is -2.31. The standard InChI is InChI=1S/C16H26N4O/c1-10(2)20-12(4)14(11(3)19-20)18-15(21)13-9-16(13)5-7-17-8-6-16/h10,13,17H,5-9H2,1-4H3,(H,18,21). The maximum absolute atomic E-state index is 12.6. The predicted octanol–water partition coefficient (Wildman–Crippen LogP) is 2.41. The van der Waals surface area contributed by atoms with Gasteiger partial charge in [0.2, 0.25) is 5.91 Å². The zero-order valence-corrected chi connectivity index (χ0v) is 13.5. The molecule has 1 saturated heterocycles. The van der Waals surface area contributed by atoms with E-state index >= 15 is 0 Å². The second-order valence-electron chi connectivity index (χ2n) is 6.94. The highest BCUT2D eigenvalue weighted by molar-refractivity contribution is 5.96. The van der Waals surface area contributed by atoms with Crippen molar-refractivity contribution in [2.45, 2.75) is 53.0 Å². The Morgan fingerprint density at radius 2 is 2.05 bits per heavy atom. The van der Waals surface area contributed by atoms with Gasteiger partial charge in [-0.2, -0.15) is 5.10 Å². The van der Waals surface area contributed by atoms with Gasteiger partial charge in [-0.1, -0.05) is 0 Å². The van der Waals surface area contributed by atoms with Crippen molar-refractivity contribution in [3.8, 4) is 0 Å². The van der Waals surface area contributed by atoms with Gasteiger partial charge < -0.3 is 10.6 Å². The number of nitrogens with zero attached hydrogens (tertiary/aromatic N) is 2. The predicted molar refractivity (Wildman–Crippen MR) is 83.4 cm³/mol. The van der Waals surface area contributed by atoms with E-state index in [0.717, 1.165) is 49.4 Å². The molecule has 0 aromatic carbocycles. The fourth-order valence-electron chi connectivity index (χ4n) is 3.75. The number of amides is 1. The molecule has 1 atom stereocenters. The molecule has 5 heteroatoms. The molecule has 1 unspecified atom stereocenters. The van der Waals surface area contributed by atoms with Gasteiger partial charge in [0, 0.05) is 12.0 Å². The van der Waals surface area contributed by atoms with E-state index in [9.17, 15) is 4.79 Å². The quantitative estimate of drug-likeness (QED) is 0.898. The molecule has 1 aliphatic carbocycles. The van der Waals surface area contributed by atoms with E-state index in [1.807, 2.05) is 18.5 Å². The van der Waals surface area contributed by atoms with Crippen molar-refractivity contribution < 1.29 is 4.79 Å². The second kappa shape index (κ2) is 5.13. The summed E-state index contributed by atoms with van der Waals surface area (Å²) in [5.41, 5.74) is 3.15. The van der Waals surface area contributed by atoms with Crippen LogP contribution in [0.15, 0.2) is 0 Å². The van der Waals surface area contributed by atoms with Crippen LogP contribution in [0.5, 0.6) is 0 Å². The normalized spacial score (nSPS) is 23.6. The number of aromatic nitrogens is 2. The van der Waals surface area contributed by atoms with E-state index < -0.39 is 0 Å². The van der Waals surface area contributed by atoms with Gasteiger partial charge in [0.15, 0.2) is 0 Å². The first-order valence-electron chi connectivity index (χ1n) is 8.02. The van der Waals surface area contributed by atoms with Gasteiger partial charge in [-0.25, -0.2) is 0 Å². The molecular weight excluding hydrogens is 264 g/mol. The number of anilines is 1. The highest BCUT2D eigenvalue weighted by Gasteiger charge is 2.57. The molecule has 3 rings (SSSR count). The highest BCUT2D eigenvalue weighted by Crippen LogP contribution is 2.58. The average molecular weight is 290 g/mol. The molecule has 21 heavy (non-hydrogen) atoms. The van der Waals surface area contributed by atoms with Crippen molar-refractivity contribution in [3.05, 3.63) is 11.4 Å². The highest BCUT2D eigenvalue weighted by atomic mass is 16.2. The summed E-state index contributed by atoms with van der Waals surface area (Å²) in [6.45, 7) is 10.3. The molecule has 0 radical (unpaired) electrons. The van der Waals surface area contributed by atoms with Crippen LogP contribution in [0.2, 0.25) is 0 Å². The van der Waals surface area contributed by atoms with Crippen LogP contribution in [-0.2, 0) is 4.79 Å². The van der Waals surface area contributed by atoms with Crippen LogP contribution in [0.25, 0.3) is 0 Å². The van der Waals surface area contributed by atoms with Gasteiger partial charge in [0.1, 0.15) is 0 Å². The molecule has 1 spiro atoms. The SMILES string of the molecule is Cc1nn(C(C)C)c(C)c1NC(=O)C1CC12CCNCC2. The van der Waals surface area contributed by atoms with Gasteiger partial charge in [-0.05, 0) is 65.5 Å². The number of hydrogen-bond acceptors (Lipinski definition) is 3. The average Bonchev–Trinajstić information content (AvgIpc) is 3.06. The maximum Gasteiger partial charge on any atom is 0.228 e. The lowest BCUT2D eigenvalue weighted by atomic mass is 9.92. The van der Waals surface area contributed by atoms with E-state index in [-0.39, 0.29) is 17.2 Å². The molecule has 5 nitrogen and oxygen atoms in total. The summed E-state index contributed by atoms with van der Waals surface area (Å²) in [6, 6.07) is 0.311. The fraction of sp³-hybridized carbons (Fsp3) is 0.750.